The van der Waals surface area contributed by atoms with Crippen LogP contribution in [0.25, 0.3) is 0 Å². The molecule has 0 aromatic heterocycles. The fourth-order valence-corrected chi connectivity index (χ4v) is 3.85. The van der Waals surface area contributed by atoms with E-state index < -0.39 is 5.92 Å². The fraction of sp³-hybridized carbons (Fsp3) is 0.200. The number of carbonyl (C=O) groups excluding carboxylic acids is 2. The topological polar surface area (TPSA) is 49.4 Å². The summed E-state index contributed by atoms with van der Waals surface area (Å²) in [5, 5.41) is 3.47. The van der Waals surface area contributed by atoms with Crippen molar-refractivity contribution in [3.63, 3.8) is 0 Å². The normalized spacial score (nSPS) is 16.6. The second-order valence-electron chi connectivity index (χ2n) is 5.94. The number of nitrogens with one attached hydrogen (secondary N) is 1. The van der Waals surface area contributed by atoms with Crippen molar-refractivity contribution in [3.8, 4) is 0 Å². The second kappa shape index (κ2) is 8.43. The van der Waals surface area contributed by atoms with Gasteiger partial charge >= 0.3 is 0 Å². The van der Waals surface area contributed by atoms with Gasteiger partial charge in [0.1, 0.15) is 0 Å². The minimum atomic E-state index is -0.406. The largest absolute Gasteiger partial charge is 0.325 e. The number of nitrogens with zero attached hydrogens (tertiary/aromatic N) is 1. The molecule has 134 valence electrons. The first-order chi connectivity index (χ1) is 12.6. The first-order valence-corrected chi connectivity index (χ1v) is 9.65. The number of anilines is 2. The van der Waals surface area contributed by atoms with Gasteiger partial charge in [-0.15, -0.1) is 18.3 Å². The van der Waals surface area contributed by atoms with E-state index in [-0.39, 0.29) is 18.2 Å². The Morgan fingerprint density at radius 3 is 2.77 bits per heavy atom. The van der Waals surface area contributed by atoms with E-state index in [2.05, 4.69) is 11.9 Å². The molecule has 3 rings (SSSR count). The van der Waals surface area contributed by atoms with Crippen LogP contribution < -0.4 is 10.2 Å². The summed E-state index contributed by atoms with van der Waals surface area (Å²) in [6, 6.07) is 14.8. The predicted molar refractivity (Wildman–Crippen MR) is 108 cm³/mol. The summed E-state index contributed by atoms with van der Waals surface area (Å²) >= 11 is 7.79. The zero-order valence-corrected chi connectivity index (χ0v) is 15.7. The highest BCUT2D eigenvalue weighted by Crippen LogP contribution is 2.32. The molecule has 0 radical (unpaired) electrons. The van der Waals surface area contributed by atoms with E-state index in [4.69, 9.17) is 11.6 Å². The maximum atomic E-state index is 12.7. The van der Waals surface area contributed by atoms with Crippen molar-refractivity contribution < 1.29 is 9.59 Å². The van der Waals surface area contributed by atoms with E-state index in [0.29, 0.717) is 17.3 Å². The summed E-state index contributed by atoms with van der Waals surface area (Å²) in [6.07, 6.45) is 2.00. The van der Waals surface area contributed by atoms with Crippen LogP contribution in [-0.4, -0.2) is 24.1 Å². The minimum Gasteiger partial charge on any atom is -0.325 e. The molecule has 1 aliphatic rings. The van der Waals surface area contributed by atoms with Crippen molar-refractivity contribution in [2.45, 2.75) is 11.3 Å². The molecule has 6 heteroatoms. The molecule has 1 fully saturated rings. The third-order valence-electron chi connectivity index (χ3n) is 4.14. The van der Waals surface area contributed by atoms with Gasteiger partial charge < -0.3 is 10.2 Å². The van der Waals surface area contributed by atoms with Gasteiger partial charge in [-0.25, -0.2) is 0 Å². The van der Waals surface area contributed by atoms with Crippen LogP contribution >= 0.6 is 23.4 Å². The number of benzene rings is 2. The Kier molecular flexibility index (Phi) is 6.01. The van der Waals surface area contributed by atoms with Gasteiger partial charge in [0.2, 0.25) is 11.8 Å². The standard InChI is InChI=1S/C20H19ClN2O2S/c1-2-11-26-18-10-6-4-8-16(18)22-20(25)14-12-19(24)23(13-14)17-9-5-3-7-15(17)21/h2-10,14H,1,11-13H2,(H,22,25). The maximum Gasteiger partial charge on any atom is 0.229 e. The molecule has 26 heavy (non-hydrogen) atoms. The first-order valence-electron chi connectivity index (χ1n) is 8.28. The maximum absolute atomic E-state index is 12.7. The highest BCUT2D eigenvalue weighted by Gasteiger charge is 2.36. The number of para-hydroxylation sites is 2. The Balaban J connectivity index is 1.71. The number of hydrogen-bond acceptors (Lipinski definition) is 3. The quantitative estimate of drug-likeness (QED) is 0.582. The number of amides is 2. The van der Waals surface area contributed by atoms with Gasteiger partial charge in [0, 0.05) is 23.6 Å². The van der Waals surface area contributed by atoms with E-state index in [0.717, 1.165) is 16.3 Å². The third-order valence-corrected chi connectivity index (χ3v) is 5.53. The zero-order valence-electron chi connectivity index (χ0n) is 14.2. The summed E-state index contributed by atoms with van der Waals surface area (Å²) in [7, 11) is 0. The van der Waals surface area contributed by atoms with Crippen molar-refractivity contribution in [3.05, 3.63) is 66.2 Å². The molecule has 1 unspecified atom stereocenters. The number of hydrogen-bond donors (Lipinski definition) is 1. The summed E-state index contributed by atoms with van der Waals surface area (Å²) in [5.41, 5.74) is 1.41. The Morgan fingerprint density at radius 2 is 2.00 bits per heavy atom. The van der Waals surface area contributed by atoms with E-state index in [1.165, 1.54) is 0 Å². The minimum absolute atomic E-state index is 0.0902. The van der Waals surface area contributed by atoms with Gasteiger partial charge in [0.15, 0.2) is 0 Å². The SMILES string of the molecule is C=CCSc1ccccc1NC(=O)C1CC(=O)N(c2ccccc2Cl)C1. The van der Waals surface area contributed by atoms with Crippen LogP contribution in [0.3, 0.4) is 0 Å². The Hall–Kier alpha value is -2.24. The van der Waals surface area contributed by atoms with E-state index in [1.807, 2.05) is 42.5 Å². The molecular weight excluding hydrogens is 368 g/mol. The summed E-state index contributed by atoms with van der Waals surface area (Å²) in [6.45, 7) is 4.05. The smallest absolute Gasteiger partial charge is 0.229 e. The fourth-order valence-electron chi connectivity index (χ4n) is 2.87. The molecule has 2 aromatic carbocycles. The predicted octanol–water partition coefficient (Wildman–Crippen LogP) is 4.61. The molecule has 1 N–H and O–H groups in total. The lowest BCUT2D eigenvalue weighted by Crippen LogP contribution is -2.28. The van der Waals surface area contributed by atoms with Gasteiger partial charge in [0.05, 0.1) is 22.3 Å². The molecule has 0 bridgehead atoms. The van der Waals surface area contributed by atoms with Gasteiger partial charge in [0.25, 0.3) is 0 Å². The lowest BCUT2D eigenvalue weighted by Gasteiger charge is -2.18. The molecule has 0 spiro atoms. The molecule has 1 atom stereocenters. The van der Waals surface area contributed by atoms with Crippen LogP contribution in [0, 0.1) is 5.92 Å². The third kappa shape index (κ3) is 4.11. The van der Waals surface area contributed by atoms with Gasteiger partial charge in [-0.05, 0) is 24.3 Å². The van der Waals surface area contributed by atoms with Crippen LogP contribution in [0.15, 0.2) is 66.1 Å². The van der Waals surface area contributed by atoms with Crippen LogP contribution in [0.5, 0.6) is 0 Å². The summed E-state index contributed by atoms with van der Waals surface area (Å²) in [4.78, 5) is 27.6. The van der Waals surface area contributed by atoms with Gasteiger partial charge in [-0.2, -0.15) is 0 Å². The van der Waals surface area contributed by atoms with Crippen LogP contribution in [0.2, 0.25) is 5.02 Å². The monoisotopic (exact) mass is 386 g/mol. The van der Waals surface area contributed by atoms with E-state index in [9.17, 15) is 9.59 Å². The summed E-state index contributed by atoms with van der Waals surface area (Å²) in [5.74, 6) is 0.109. The lowest BCUT2D eigenvalue weighted by molar-refractivity contribution is -0.122. The van der Waals surface area contributed by atoms with Crippen molar-refractivity contribution >= 4 is 46.6 Å². The van der Waals surface area contributed by atoms with E-state index in [1.54, 1.807) is 28.8 Å². The zero-order chi connectivity index (χ0) is 18.5. The number of rotatable bonds is 6. The molecule has 1 aliphatic heterocycles. The number of thioether (sulfide) groups is 1. The van der Waals surface area contributed by atoms with Gasteiger partial charge in [-0.1, -0.05) is 41.9 Å². The highest BCUT2D eigenvalue weighted by molar-refractivity contribution is 7.99. The molecule has 2 amide bonds. The molecule has 1 heterocycles. The molecule has 0 saturated carbocycles. The van der Waals surface area contributed by atoms with Crippen molar-refractivity contribution in [1.29, 1.82) is 0 Å². The Morgan fingerprint density at radius 1 is 1.27 bits per heavy atom. The number of carbonyl (C=O) groups is 2. The Bertz CT molecular complexity index is 840. The second-order valence-corrected chi connectivity index (χ2v) is 7.41. The molecule has 1 saturated heterocycles. The van der Waals surface area contributed by atoms with Crippen LogP contribution in [0.1, 0.15) is 6.42 Å². The summed E-state index contributed by atoms with van der Waals surface area (Å²) < 4.78 is 0. The van der Waals surface area contributed by atoms with Crippen molar-refractivity contribution in [1.82, 2.24) is 0 Å². The molecular formula is C20H19ClN2O2S. The molecule has 4 nitrogen and oxygen atoms in total. The molecule has 0 aliphatic carbocycles. The molecule has 2 aromatic rings. The van der Waals surface area contributed by atoms with Crippen molar-refractivity contribution in [2.75, 3.05) is 22.5 Å². The van der Waals surface area contributed by atoms with Gasteiger partial charge in [-0.3, -0.25) is 9.59 Å². The lowest BCUT2D eigenvalue weighted by atomic mass is 10.1. The number of halogens is 1. The van der Waals surface area contributed by atoms with Crippen LogP contribution in [-0.2, 0) is 9.59 Å². The van der Waals surface area contributed by atoms with Crippen molar-refractivity contribution in [2.24, 2.45) is 5.92 Å². The highest BCUT2D eigenvalue weighted by atomic mass is 35.5. The average molecular weight is 387 g/mol. The van der Waals surface area contributed by atoms with Crippen LogP contribution in [0.4, 0.5) is 11.4 Å². The Labute approximate surface area is 162 Å². The van der Waals surface area contributed by atoms with E-state index >= 15 is 0 Å². The first kappa shape index (κ1) is 18.5. The average Bonchev–Trinajstić information content (AvgIpc) is 3.03.